The first-order valence-electron chi connectivity index (χ1n) is 8.06. The van der Waals surface area contributed by atoms with E-state index in [4.69, 9.17) is 9.15 Å². The summed E-state index contributed by atoms with van der Waals surface area (Å²) in [7, 11) is 1.65. The van der Waals surface area contributed by atoms with Gasteiger partial charge in [0.1, 0.15) is 17.1 Å². The Morgan fingerprint density at radius 2 is 2.17 bits per heavy atom. The molecule has 0 spiro atoms. The molecule has 0 bridgehead atoms. The number of hydrogen-bond acceptors (Lipinski definition) is 5. The Morgan fingerprint density at radius 1 is 1.25 bits per heavy atom. The van der Waals surface area contributed by atoms with Crippen LogP contribution in [0.1, 0.15) is 11.5 Å². The average molecular weight is 326 g/mol. The summed E-state index contributed by atoms with van der Waals surface area (Å²) in [5.41, 5.74) is 1.84. The van der Waals surface area contributed by atoms with Crippen LogP contribution in [0, 0.1) is 5.92 Å². The van der Waals surface area contributed by atoms with E-state index in [9.17, 15) is 5.11 Å². The number of aliphatic hydroxyl groups excluding tert-OH is 1. The molecular weight excluding hydrogens is 304 g/mol. The zero-order valence-electron chi connectivity index (χ0n) is 13.7. The molecule has 0 amide bonds. The van der Waals surface area contributed by atoms with Crippen molar-refractivity contribution in [2.45, 2.75) is 13.0 Å². The highest BCUT2D eigenvalue weighted by Gasteiger charge is 2.10. The molecule has 2 aromatic heterocycles. The Bertz CT molecular complexity index is 771. The van der Waals surface area contributed by atoms with Crippen LogP contribution in [-0.4, -0.2) is 30.4 Å². The molecule has 5 heteroatoms. The number of fused-ring (bicyclic) bond motifs is 1. The summed E-state index contributed by atoms with van der Waals surface area (Å²) < 4.78 is 11.0. The minimum atomic E-state index is 0.126. The standard InChI is InChI=1S/C19H22N2O3/c1-23-17-5-6-19-15(9-17)10-18(24-19)12-20-11-14(13-22)8-16-4-2-3-7-21-16/h2-7,9-10,14,20,22H,8,11-13H2,1H3. The predicted octanol–water partition coefficient (Wildman–Crippen LogP) is 2.78. The number of hydrogen-bond donors (Lipinski definition) is 2. The van der Waals surface area contributed by atoms with E-state index in [1.807, 2.05) is 42.5 Å². The van der Waals surface area contributed by atoms with Gasteiger partial charge in [-0.15, -0.1) is 0 Å². The Kier molecular flexibility index (Phi) is 5.46. The number of furan rings is 1. The van der Waals surface area contributed by atoms with Crippen LogP contribution in [0.3, 0.4) is 0 Å². The number of nitrogens with zero attached hydrogens (tertiary/aromatic N) is 1. The van der Waals surface area contributed by atoms with Crippen molar-refractivity contribution >= 4 is 11.0 Å². The fourth-order valence-electron chi connectivity index (χ4n) is 2.71. The number of rotatable bonds is 8. The minimum Gasteiger partial charge on any atom is -0.497 e. The highest BCUT2D eigenvalue weighted by Crippen LogP contribution is 2.24. The fourth-order valence-corrected chi connectivity index (χ4v) is 2.71. The van der Waals surface area contributed by atoms with Gasteiger partial charge in [0.2, 0.25) is 0 Å². The SMILES string of the molecule is COc1ccc2oc(CNCC(CO)Cc3ccccn3)cc2c1. The van der Waals surface area contributed by atoms with Crippen molar-refractivity contribution in [2.24, 2.45) is 5.92 Å². The first-order valence-corrected chi connectivity index (χ1v) is 8.06. The van der Waals surface area contributed by atoms with Crippen LogP contribution in [0.2, 0.25) is 0 Å². The Labute approximate surface area is 141 Å². The lowest BCUT2D eigenvalue weighted by atomic mass is 10.0. The van der Waals surface area contributed by atoms with Crippen LogP contribution in [0.5, 0.6) is 5.75 Å². The number of methoxy groups -OCH3 is 1. The molecule has 24 heavy (non-hydrogen) atoms. The quantitative estimate of drug-likeness (QED) is 0.666. The third-order valence-electron chi connectivity index (χ3n) is 3.99. The van der Waals surface area contributed by atoms with Crippen LogP contribution in [0.25, 0.3) is 11.0 Å². The van der Waals surface area contributed by atoms with Gasteiger partial charge < -0.3 is 19.6 Å². The summed E-state index contributed by atoms with van der Waals surface area (Å²) >= 11 is 0. The van der Waals surface area contributed by atoms with Crippen molar-refractivity contribution in [1.29, 1.82) is 0 Å². The van der Waals surface area contributed by atoms with Gasteiger partial charge in [-0.3, -0.25) is 4.98 Å². The maximum Gasteiger partial charge on any atom is 0.134 e. The highest BCUT2D eigenvalue weighted by molar-refractivity contribution is 5.79. The second kappa shape index (κ2) is 7.95. The molecule has 0 saturated carbocycles. The lowest BCUT2D eigenvalue weighted by molar-refractivity contribution is 0.220. The fraction of sp³-hybridized carbons (Fsp3) is 0.316. The molecule has 2 N–H and O–H groups in total. The van der Waals surface area contributed by atoms with Gasteiger partial charge in [0.25, 0.3) is 0 Å². The summed E-state index contributed by atoms with van der Waals surface area (Å²) in [6, 6.07) is 13.6. The topological polar surface area (TPSA) is 67.5 Å². The lowest BCUT2D eigenvalue weighted by Crippen LogP contribution is -2.26. The van der Waals surface area contributed by atoms with Gasteiger partial charge >= 0.3 is 0 Å². The summed E-state index contributed by atoms with van der Waals surface area (Å²) in [6.07, 6.45) is 2.53. The number of benzene rings is 1. The van der Waals surface area contributed by atoms with Gasteiger partial charge in [-0.05, 0) is 48.7 Å². The van der Waals surface area contributed by atoms with Gasteiger partial charge in [0.15, 0.2) is 0 Å². The zero-order valence-corrected chi connectivity index (χ0v) is 13.7. The first kappa shape index (κ1) is 16.5. The zero-order chi connectivity index (χ0) is 16.8. The van der Waals surface area contributed by atoms with E-state index in [0.717, 1.165) is 34.6 Å². The summed E-state index contributed by atoms with van der Waals surface area (Å²) in [5, 5.41) is 13.9. The molecule has 0 aliphatic carbocycles. The monoisotopic (exact) mass is 326 g/mol. The maximum atomic E-state index is 9.55. The molecule has 1 atom stereocenters. The number of aromatic nitrogens is 1. The molecule has 1 unspecified atom stereocenters. The van der Waals surface area contributed by atoms with E-state index < -0.39 is 0 Å². The van der Waals surface area contributed by atoms with E-state index >= 15 is 0 Å². The summed E-state index contributed by atoms with van der Waals surface area (Å²) in [4.78, 5) is 4.31. The Hall–Kier alpha value is -2.37. The third kappa shape index (κ3) is 4.13. The number of aliphatic hydroxyl groups is 1. The van der Waals surface area contributed by atoms with Crippen LogP contribution in [-0.2, 0) is 13.0 Å². The molecule has 0 radical (unpaired) electrons. The van der Waals surface area contributed by atoms with E-state index in [-0.39, 0.29) is 12.5 Å². The second-order valence-electron chi connectivity index (χ2n) is 5.82. The van der Waals surface area contributed by atoms with Gasteiger partial charge in [0.05, 0.1) is 13.7 Å². The maximum absolute atomic E-state index is 9.55. The molecule has 0 aliphatic rings. The molecule has 3 aromatic rings. The third-order valence-corrected chi connectivity index (χ3v) is 3.99. The van der Waals surface area contributed by atoms with Gasteiger partial charge in [0, 0.05) is 30.4 Å². The van der Waals surface area contributed by atoms with Crippen molar-refractivity contribution < 1.29 is 14.3 Å². The molecular formula is C19H22N2O3. The molecule has 5 nitrogen and oxygen atoms in total. The molecule has 2 heterocycles. The Balaban J connectivity index is 1.55. The van der Waals surface area contributed by atoms with E-state index in [2.05, 4.69) is 10.3 Å². The van der Waals surface area contributed by atoms with Crippen LogP contribution < -0.4 is 10.1 Å². The minimum absolute atomic E-state index is 0.126. The van der Waals surface area contributed by atoms with Crippen LogP contribution in [0.15, 0.2) is 53.1 Å². The van der Waals surface area contributed by atoms with Gasteiger partial charge in [-0.2, -0.15) is 0 Å². The molecule has 0 aliphatic heterocycles. The smallest absolute Gasteiger partial charge is 0.134 e. The van der Waals surface area contributed by atoms with Crippen LogP contribution >= 0.6 is 0 Å². The van der Waals surface area contributed by atoms with E-state index in [1.165, 1.54) is 0 Å². The average Bonchev–Trinajstić information content (AvgIpc) is 3.03. The van der Waals surface area contributed by atoms with E-state index in [0.29, 0.717) is 13.1 Å². The summed E-state index contributed by atoms with van der Waals surface area (Å²) in [5.74, 6) is 1.82. The summed E-state index contributed by atoms with van der Waals surface area (Å²) in [6.45, 7) is 1.45. The van der Waals surface area contributed by atoms with E-state index in [1.54, 1.807) is 13.3 Å². The molecule has 0 fully saturated rings. The van der Waals surface area contributed by atoms with Crippen molar-refractivity contribution in [3.8, 4) is 5.75 Å². The van der Waals surface area contributed by atoms with Crippen molar-refractivity contribution in [1.82, 2.24) is 10.3 Å². The largest absolute Gasteiger partial charge is 0.497 e. The normalized spacial score (nSPS) is 12.4. The highest BCUT2D eigenvalue weighted by atomic mass is 16.5. The predicted molar refractivity (Wildman–Crippen MR) is 93.0 cm³/mol. The van der Waals surface area contributed by atoms with Gasteiger partial charge in [-0.25, -0.2) is 0 Å². The molecule has 3 rings (SSSR count). The molecule has 0 saturated heterocycles. The van der Waals surface area contributed by atoms with Crippen molar-refractivity contribution in [3.63, 3.8) is 0 Å². The van der Waals surface area contributed by atoms with Crippen LogP contribution in [0.4, 0.5) is 0 Å². The second-order valence-corrected chi connectivity index (χ2v) is 5.82. The first-order chi connectivity index (χ1) is 11.8. The lowest BCUT2D eigenvalue weighted by Gasteiger charge is -2.14. The Morgan fingerprint density at radius 3 is 2.92 bits per heavy atom. The molecule has 126 valence electrons. The number of nitrogens with one attached hydrogen (secondary N) is 1. The molecule has 1 aromatic carbocycles. The number of ether oxygens (including phenoxy) is 1. The van der Waals surface area contributed by atoms with Gasteiger partial charge in [-0.1, -0.05) is 6.07 Å². The van der Waals surface area contributed by atoms with Crippen molar-refractivity contribution in [2.75, 3.05) is 20.3 Å². The van der Waals surface area contributed by atoms with Crippen molar-refractivity contribution in [3.05, 3.63) is 60.1 Å². The number of pyridine rings is 1.